The van der Waals surface area contributed by atoms with E-state index in [1.54, 1.807) is 5.38 Å². The first-order valence-corrected chi connectivity index (χ1v) is 16.0. The number of hydrogen-bond donors (Lipinski definition) is 2. The summed E-state index contributed by atoms with van der Waals surface area (Å²) in [4.78, 5) is 41.6. The van der Waals surface area contributed by atoms with Gasteiger partial charge in [-0.1, -0.05) is 33.8 Å². The fourth-order valence-electron chi connectivity index (χ4n) is 4.87. The Morgan fingerprint density at radius 1 is 1.00 bits per heavy atom. The topological polar surface area (TPSA) is 105 Å². The zero-order chi connectivity index (χ0) is 33.4. The summed E-state index contributed by atoms with van der Waals surface area (Å²) in [6.07, 6.45) is 2.27. The molecule has 3 aromatic heterocycles. The summed E-state index contributed by atoms with van der Waals surface area (Å²) in [5.41, 5.74) is -0.808. The van der Waals surface area contributed by atoms with Crippen LogP contribution < -0.4 is 16.2 Å². The molecule has 2 N–H and O–H groups in total. The van der Waals surface area contributed by atoms with Crippen LogP contribution in [0.1, 0.15) is 50.0 Å². The lowest BCUT2D eigenvalue weighted by atomic mass is 9.99. The molecule has 13 heteroatoms. The van der Waals surface area contributed by atoms with Crippen LogP contribution in [0.25, 0.3) is 28.0 Å². The average Bonchev–Trinajstić information content (AvgIpc) is 3.57. The van der Waals surface area contributed by atoms with Crippen LogP contribution in [0.4, 0.5) is 24.3 Å². The molecule has 0 bridgehead atoms. The van der Waals surface area contributed by atoms with Crippen LogP contribution in [0.15, 0.2) is 58.8 Å². The van der Waals surface area contributed by atoms with E-state index in [2.05, 4.69) is 44.3 Å². The fraction of sp³-hybridized carbons (Fsp3) is 0.303. The Labute approximate surface area is 269 Å². The fourth-order valence-corrected chi connectivity index (χ4v) is 5.40. The van der Waals surface area contributed by atoms with Gasteiger partial charge in [0.25, 0.3) is 11.5 Å². The predicted octanol–water partition coefficient (Wildman–Crippen LogP) is 7.05. The van der Waals surface area contributed by atoms with Crippen LogP contribution in [-0.4, -0.2) is 56.5 Å². The van der Waals surface area contributed by atoms with Crippen molar-refractivity contribution in [3.05, 3.63) is 93.0 Å². The van der Waals surface area contributed by atoms with E-state index in [0.29, 0.717) is 11.7 Å². The van der Waals surface area contributed by atoms with Crippen LogP contribution in [0.3, 0.4) is 0 Å². The van der Waals surface area contributed by atoms with E-state index in [-0.39, 0.29) is 39.4 Å². The number of anilines is 2. The largest absolute Gasteiger partial charge is 0.354 e. The Kier molecular flexibility index (Phi) is 11.6. The van der Waals surface area contributed by atoms with Crippen LogP contribution in [0, 0.1) is 24.4 Å². The van der Waals surface area contributed by atoms with E-state index >= 15 is 13.2 Å². The summed E-state index contributed by atoms with van der Waals surface area (Å²) in [7, 11) is 0. The second-order valence-corrected chi connectivity index (χ2v) is 10.8. The van der Waals surface area contributed by atoms with Gasteiger partial charge >= 0.3 is 0 Å². The van der Waals surface area contributed by atoms with Crippen molar-refractivity contribution in [1.29, 1.82) is 0 Å². The van der Waals surface area contributed by atoms with Crippen molar-refractivity contribution >= 4 is 39.4 Å². The maximum Gasteiger partial charge on any atom is 0.257 e. The summed E-state index contributed by atoms with van der Waals surface area (Å²) < 4.78 is 46.2. The Bertz CT molecular complexity index is 1860. The van der Waals surface area contributed by atoms with Crippen molar-refractivity contribution in [2.45, 2.75) is 41.0 Å². The van der Waals surface area contributed by atoms with Gasteiger partial charge in [-0.2, -0.15) is 4.98 Å². The highest BCUT2D eigenvalue weighted by atomic mass is 32.1. The summed E-state index contributed by atoms with van der Waals surface area (Å²) >= 11 is 1.21. The van der Waals surface area contributed by atoms with Crippen molar-refractivity contribution in [3.63, 3.8) is 0 Å². The summed E-state index contributed by atoms with van der Waals surface area (Å²) in [5.74, 6) is -3.10. The van der Waals surface area contributed by atoms with Gasteiger partial charge < -0.3 is 10.2 Å². The van der Waals surface area contributed by atoms with Crippen molar-refractivity contribution in [3.8, 4) is 16.9 Å². The van der Waals surface area contributed by atoms with E-state index in [0.717, 1.165) is 54.9 Å². The number of aromatic nitrogens is 4. The van der Waals surface area contributed by atoms with Crippen molar-refractivity contribution < 1.29 is 18.0 Å². The smallest absolute Gasteiger partial charge is 0.257 e. The predicted molar refractivity (Wildman–Crippen MR) is 177 cm³/mol. The number of benzene rings is 2. The number of para-hydroxylation sites is 1. The van der Waals surface area contributed by atoms with Gasteiger partial charge in [0.2, 0.25) is 5.95 Å². The number of carbonyl (C=O) groups excluding carboxylic acids is 1. The number of thiazole rings is 1. The van der Waals surface area contributed by atoms with E-state index in [1.165, 1.54) is 42.7 Å². The highest BCUT2D eigenvalue weighted by Crippen LogP contribution is 2.33. The number of nitrogens with zero attached hydrogens (tertiary/aromatic N) is 5. The van der Waals surface area contributed by atoms with Gasteiger partial charge in [-0.3, -0.25) is 19.5 Å². The normalized spacial score (nSPS) is 11.0. The molecule has 0 radical (unpaired) electrons. The van der Waals surface area contributed by atoms with Gasteiger partial charge in [0.1, 0.15) is 23.1 Å². The lowest BCUT2D eigenvalue weighted by molar-refractivity contribution is 0.102. The molecule has 0 aliphatic rings. The summed E-state index contributed by atoms with van der Waals surface area (Å²) in [6.45, 7) is 12.7. The third-order valence-electron chi connectivity index (χ3n) is 7.25. The first-order chi connectivity index (χ1) is 22.2. The molecular weight excluding hydrogens is 615 g/mol. The van der Waals surface area contributed by atoms with Crippen molar-refractivity contribution in [1.82, 2.24) is 24.4 Å². The number of hydrogen-bond acceptors (Lipinski definition) is 8. The number of rotatable bonds is 11. The molecule has 1 amide bonds. The highest BCUT2D eigenvalue weighted by Gasteiger charge is 2.22. The minimum absolute atomic E-state index is 0.00673. The second-order valence-electron chi connectivity index (χ2n) is 9.94. The number of fused-ring (bicyclic) bond motifs is 1. The molecule has 0 aliphatic heterocycles. The molecule has 242 valence electrons. The molecule has 5 rings (SSSR count). The monoisotopic (exact) mass is 651 g/mol. The van der Waals surface area contributed by atoms with Gasteiger partial charge in [0.15, 0.2) is 10.8 Å². The standard InChI is InChI=1S/C31H30F3N7O2S.C2H6/c1-4-40(5-2)14-7-12-35-30-37-26(21-16-19(17-24(34)18(21)3)29(43)39-31-36-13-15-44-31)20-10-11-25(42)41(28(20)38-30)27-22(32)8-6-9-23(27)33;1-2/h6,8-11,13,15-17H,4-5,7,12,14H2,1-3H3,(H,35,37,38)(H,36,39,43);1-2H3. The van der Waals surface area contributed by atoms with Crippen molar-refractivity contribution in [2.24, 2.45) is 0 Å². The van der Waals surface area contributed by atoms with Crippen LogP contribution in [0.5, 0.6) is 0 Å². The molecule has 0 unspecified atom stereocenters. The number of amides is 1. The van der Waals surface area contributed by atoms with E-state index < -0.39 is 34.6 Å². The molecule has 3 heterocycles. The molecular formula is C33H36F3N7O2S. The molecule has 9 nitrogen and oxygen atoms in total. The molecule has 0 spiro atoms. The van der Waals surface area contributed by atoms with Gasteiger partial charge in [0, 0.05) is 40.7 Å². The first kappa shape index (κ1) is 34.3. The third kappa shape index (κ3) is 7.43. The maximum atomic E-state index is 15.4. The molecule has 5 aromatic rings. The first-order valence-electron chi connectivity index (χ1n) is 15.1. The molecule has 46 heavy (non-hydrogen) atoms. The van der Waals surface area contributed by atoms with Gasteiger partial charge in [0.05, 0.1) is 5.69 Å². The average molecular weight is 652 g/mol. The lowest BCUT2D eigenvalue weighted by Crippen LogP contribution is -2.25. The zero-order valence-electron chi connectivity index (χ0n) is 26.3. The van der Waals surface area contributed by atoms with E-state index in [1.807, 2.05) is 13.8 Å². The van der Waals surface area contributed by atoms with Crippen molar-refractivity contribution in [2.75, 3.05) is 36.8 Å². The Hall–Kier alpha value is -4.62. The SMILES string of the molecule is CC.CCN(CC)CCCNc1nc(-c2cc(C(=O)Nc3nccs3)cc(F)c2C)c2ccc(=O)n(-c3c(F)cccc3F)c2n1. The van der Waals surface area contributed by atoms with Gasteiger partial charge in [-0.25, -0.2) is 23.1 Å². The molecule has 0 saturated heterocycles. The number of nitrogens with one attached hydrogen (secondary N) is 2. The highest BCUT2D eigenvalue weighted by molar-refractivity contribution is 7.13. The quantitative estimate of drug-likeness (QED) is 0.148. The van der Waals surface area contributed by atoms with Crippen LogP contribution in [-0.2, 0) is 0 Å². The molecule has 2 aromatic carbocycles. The number of pyridine rings is 1. The zero-order valence-corrected chi connectivity index (χ0v) is 27.1. The van der Waals surface area contributed by atoms with E-state index in [4.69, 9.17) is 0 Å². The third-order valence-corrected chi connectivity index (χ3v) is 7.94. The lowest BCUT2D eigenvalue weighted by Gasteiger charge is -2.18. The van der Waals surface area contributed by atoms with Crippen LogP contribution in [0.2, 0.25) is 0 Å². The molecule has 0 atom stereocenters. The number of carbonyl (C=O) groups is 1. The van der Waals surface area contributed by atoms with Crippen LogP contribution >= 0.6 is 11.3 Å². The summed E-state index contributed by atoms with van der Waals surface area (Å²) in [6, 6.07) is 8.44. The molecule has 0 saturated carbocycles. The second kappa shape index (κ2) is 15.6. The Balaban J connectivity index is 0.00000235. The minimum Gasteiger partial charge on any atom is -0.354 e. The van der Waals surface area contributed by atoms with Gasteiger partial charge in [-0.15, -0.1) is 11.3 Å². The number of halogens is 3. The Morgan fingerprint density at radius 3 is 2.37 bits per heavy atom. The molecule has 0 fully saturated rings. The maximum absolute atomic E-state index is 15.4. The Morgan fingerprint density at radius 2 is 1.72 bits per heavy atom. The van der Waals surface area contributed by atoms with Gasteiger partial charge in [-0.05, 0) is 68.9 Å². The van der Waals surface area contributed by atoms with E-state index in [9.17, 15) is 9.59 Å². The minimum atomic E-state index is -0.962. The summed E-state index contributed by atoms with van der Waals surface area (Å²) in [5, 5.41) is 8.05. The molecule has 0 aliphatic carbocycles.